The maximum absolute atomic E-state index is 9.36. The molecule has 0 aliphatic heterocycles. The highest BCUT2D eigenvalue weighted by atomic mass is 79.9. The van der Waals surface area contributed by atoms with Gasteiger partial charge in [0.1, 0.15) is 12.4 Å². The minimum Gasteiger partial charge on any atom is -0.489 e. The second-order valence-electron chi connectivity index (χ2n) is 6.03. The first-order valence-corrected chi connectivity index (χ1v) is 8.59. The van der Waals surface area contributed by atoms with Crippen LogP contribution in [0.3, 0.4) is 0 Å². The number of hydrogen-bond donors (Lipinski definition) is 2. The van der Waals surface area contributed by atoms with Crippen molar-refractivity contribution < 1.29 is 9.84 Å². The standard InChI is InChI=1S/C18H21BrClNO2.ClH/c1-18(2,12-22)21-10-14-9-15(19)7-8-17(14)23-11-13-5-3-4-6-16(13)20;/h3-9,21-22H,10-12H2,1-2H3;1H. The molecule has 3 nitrogen and oxygen atoms in total. The van der Waals surface area contributed by atoms with E-state index in [4.69, 9.17) is 16.3 Å². The molecule has 2 aromatic carbocycles. The molecule has 0 fully saturated rings. The molecule has 0 spiro atoms. The van der Waals surface area contributed by atoms with E-state index in [1.807, 2.05) is 56.3 Å². The maximum Gasteiger partial charge on any atom is 0.124 e. The zero-order valence-electron chi connectivity index (χ0n) is 13.7. The molecule has 0 saturated heterocycles. The number of aliphatic hydroxyl groups is 1. The molecule has 0 heterocycles. The summed E-state index contributed by atoms with van der Waals surface area (Å²) in [5.74, 6) is 0.800. The molecule has 0 radical (unpaired) electrons. The molecule has 2 rings (SSSR count). The van der Waals surface area contributed by atoms with Crippen LogP contribution in [-0.2, 0) is 13.2 Å². The van der Waals surface area contributed by atoms with E-state index in [9.17, 15) is 5.11 Å². The Balaban J connectivity index is 0.00000288. The van der Waals surface area contributed by atoms with Crippen LogP contribution in [0.1, 0.15) is 25.0 Å². The van der Waals surface area contributed by atoms with Crippen LogP contribution in [0.15, 0.2) is 46.9 Å². The van der Waals surface area contributed by atoms with E-state index in [0.29, 0.717) is 18.2 Å². The summed E-state index contributed by atoms with van der Waals surface area (Å²) in [5, 5.41) is 13.4. The fourth-order valence-electron chi connectivity index (χ4n) is 1.99. The Hall–Kier alpha value is -0.780. The van der Waals surface area contributed by atoms with Gasteiger partial charge >= 0.3 is 0 Å². The molecule has 0 bridgehead atoms. The molecule has 0 saturated carbocycles. The Morgan fingerprint density at radius 1 is 1.17 bits per heavy atom. The van der Waals surface area contributed by atoms with Gasteiger partial charge in [-0.05, 0) is 38.1 Å². The van der Waals surface area contributed by atoms with E-state index in [0.717, 1.165) is 21.3 Å². The quantitative estimate of drug-likeness (QED) is 0.646. The molecule has 132 valence electrons. The minimum absolute atomic E-state index is 0. The molecule has 0 aliphatic carbocycles. The van der Waals surface area contributed by atoms with Gasteiger partial charge in [0, 0.05) is 32.7 Å². The van der Waals surface area contributed by atoms with Crippen molar-refractivity contribution in [3.05, 3.63) is 63.1 Å². The maximum atomic E-state index is 9.36. The minimum atomic E-state index is -0.345. The molecule has 0 atom stereocenters. The van der Waals surface area contributed by atoms with Crippen LogP contribution in [0.25, 0.3) is 0 Å². The van der Waals surface area contributed by atoms with Gasteiger partial charge in [-0.25, -0.2) is 0 Å². The van der Waals surface area contributed by atoms with Gasteiger partial charge in [-0.1, -0.05) is 45.7 Å². The van der Waals surface area contributed by atoms with Crippen molar-refractivity contribution in [3.8, 4) is 5.75 Å². The monoisotopic (exact) mass is 433 g/mol. The molecule has 2 aromatic rings. The number of hydrogen-bond acceptors (Lipinski definition) is 3. The van der Waals surface area contributed by atoms with E-state index in [1.165, 1.54) is 0 Å². The summed E-state index contributed by atoms with van der Waals surface area (Å²) in [6.07, 6.45) is 0. The molecular weight excluding hydrogens is 413 g/mol. The zero-order chi connectivity index (χ0) is 16.9. The van der Waals surface area contributed by atoms with Crippen LogP contribution < -0.4 is 10.1 Å². The molecule has 6 heteroatoms. The van der Waals surface area contributed by atoms with Crippen LogP contribution in [-0.4, -0.2) is 17.3 Å². The van der Waals surface area contributed by atoms with Crippen LogP contribution in [0.4, 0.5) is 0 Å². The smallest absolute Gasteiger partial charge is 0.124 e. The van der Waals surface area contributed by atoms with Crippen molar-refractivity contribution in [2.45, 2.75) is 32.5 Å². The van der Waals surface area contributed by atoms with E-state index in [-0.39, 0.29) is 24.6 Å². The van der Waals surface area contributed by atoms with Crippen LogP contribution in [0.2, 0.25) is 5.02 Å². The van der Waals surface area contributed by atoms with Crippen molar-refractivity contribution >= 4 is 39.9 Å². The van der Waals surface area contributed by atoms with E-state index >= 15 is 0 Å². The van der Waals surface area contributed by atoms with Crippen molar-refractivity contribution in [2.75, 3.05) is 6.61 Å². The van der Waals surface area contributed by atoms with Gasteiger partial charge in [-0.3, -0.25) is 0 Å². The van der Waals surface area contributed by atoms with Gasteiger partial charge < -0.3 is 15.2 Å². The lowest BCUT2D eigenvalue weighted by Gasteiger charge is -2.24. The van der Waals surface area contributed by atoms with Gasteiger partial charge in [0.15, 0.2) is 0 Å². The fraction of sp³-hybridized carbons (Fsp3) is 0.333. The summed E-state index contributed by atoms with van der Waals surface area (Å²) in [5.41, 5.74) is 1.63. The van der Waals surface area contributed by atoms with Gasteiger partial charge in [-0.2, -0.15) is 0 Å². The second-order valence-corrected chi connectivity index (χ2v) is 7.35. The first-order chi connectivity index (χ1) is 10.9. The van der Waals surface area contributed by atoms with Crippen molar-refractivity contribution in [2.24, 2.45) is 0 Å². The number of benzene rings is 2. The Labute approximate surface area is 162 Å². The average molecular weight is 435 g/mol. The van der Waals surface area contributed by atoms with E-state index in [2.05, 4.69) is 21.2 Å². The fourth-order valence-corrected chi connectivity index (χ4v) is 2.59. The third-order valence-electron chi connectivity index (χ3n) is 3.52. The average Bonchev–Trinajstić information content (AvgIpc) is 2.53. The van der Waals surface area contributed by atoms with Crippen LogP contribution in [0.5, 0.6) is 5.75 Å². The highest BCUT2D eigenvalue weighted by molar-refractivity contribution is 9.10. The number of aliphatic hydroxyl groups excluding tert-OH is 1. The van der Waals surface area contributed by atoms with Crippen LogP contribution >= 0.6 is 39.9 Å². The van der Waals surface area contributed by atoms with Crippen molar-refractivity contribution in [1.29, 1.82) is 0 Å². The van der Waals surface area contributed by atoms with E-state index < -0.39 is 0 Å². The first kappa shape index (κ1) is 21.3. The number of ether oxygens (including phenoxy) is 1. The highest BCUT2D eigenvalue weighted by Crippen LogP contribution is 2.26. The largest absolute Gasteiger partial charge is 0.489 e. The lowest BCUT2D eigenvalue weighted by atomic mass is 10.1. The highest BCUT2D eigenvalue weighted by Gasteiger charge is 2.16. The molecule has 24 heavy (non-hydrogen) atoms. The Kier molecular flexibility index (Phi) is 8.54. The molecule has 0 unspecified atom stereocenters. The van der Waals surface area contributed by atoms with Crippen molar-refractivity contribution in [3.63, 3.8) is 0 Å². The third kappa shape index (κ3) is 6.26. The zero-order valence-corrected chi connectivity index (χ0v) is 16.8. The summed E-state index contributed by atoms with van der Waals surface area (Å²) in [6, 6.07) is 13.5. The summed E-state index contributed by atoms with van der Waals surface area (Å²) in [6.45, 7) is 4.99. The van der Waals surface area contributed by atoms with Crippen molar-refractivity contribution in [1.82, 2.24) is 5.32 Å². The summed E-state index contributed by atoms with van der Waals surface area (Å²) < 4.78 is 6.94. The molecule has 0 aromatic heterocycles. The molecule has 0 aliphatic rings. The normalized spacial score (nSPS) is 11.0. The number of halogens is 3. The van der Waals surface area contributed by atoms with Gasteiger partial charge in [0.2, 0.25) is 0 Å². The first-order valence-electron chi connectivity index (χ1n) is 7.42. The third-order valence-corrected chi connectivity index (χ3v) is 4.38. The Morgan fingerprint density at radius 3 is 2.54 bits per heavy atom. The number of nitrogens with one attached hydrogen (secondary N) is 1. The van der Waals surface area contributed by atoms with Gasteiger partial charge in [0.25, 0.3) is 0 Å². The van der Waals surface area contributed by atoms with E-state index in [1.54, 1.807) is 0 Å². The number of rotatable bonds is 7. The van der Waals surface area contributed by atoms with Gasteiger partial charge in [0.05, 0.1) is 6.61 Å². The van der Waals surface area contributed by atoms with Gasteiger partial charge in [-0.15, -0.1) is 12.4 Å². The SMILES string of the molecule is CC(C)(CO)NCc1cc(Br)ccc1OCc1ccccc1Cl.Cl. The second kappa shape index (κ2) is 9.64. The summed E-state index contributed by atoms with van der Waals surface area (Å²) in [4.78, 5) is 0. The predicted molar refractivity (Wildman–Crippen MR) is 105 cm³/mol. The summed E-state index contributed by atoms with van der Waals surface area (Å²) >= 11 is 9.66. The topological polar surface area (TPSA) is 41.5 Å². The van der Waals surface area contributed by atoms with Crippen LogP contribution in [0, 0.1) is 0 Å². The molecular formula is C18H22BrCl2NO2. The Bertz CT molecular complexity index is 665. The predicted octanol–water partition coefficient (Wildman–Crippen LogP) is 4.96. The Morgan fingerprint density at radius 2 is 1.88 bits per heavy atom. The summed E-state index contributed by atoms with van der Waals surface area (Å²) in [7, 11) is 0. The lowest BCUT2D eigenvalue weighted by Crippen LogP contribution is -2.42. The lowest BCUT2D eigenvalue weighted by molar-refractivity contribution is 0.186. The molecule has 2 N–H and O–H groups in total. The molecule has 0 amide bonds.